The zero-order valence-corrected chi connectivity index (χ0v) is 6.79. The molecule has 0 saturated heterocycles. The van der Waals surface area contributed by atoms with E-state index < -0.39 is 18.6 Å². The van der Waals surface area contributed by atoms with E-state index in [1.807, 2.05) is 0 Å². The molecule has 0 aliphatic rings. The minimum atomic E-state index is -1.04. The predicted molar refractivity (Wildman–Crippen MR) is 44.6 cm³/mol. The molecule has 1 unspecified atom stereocenters. The van der Waals surface area contributed by atoms with Crippen LogP contribution in [0.2, 0.25) is 0 Å². The Bertz CT molecular complexity index is 174. The molecule has 0 aliphatic heterocycles. The van der Waals surface area contributed by atoms with E-state index in [1.165, 1.54) is 0 Å². The topological polar surface area (TPSA) is 69.6 Å². The molecule has 0 aromatic heterocycles. The van der Waals surface area contributed by atoms with Crippen LogP contribution >= 0.6 is 0 Å². The fraction of sp³-hybridized carbons (Fsp3) is 0.625. The van der Waals surface area contributed by atoms with Gasteiger partial charge in [-0.05, 0) is 13.0 Å². The van der Waals surface area contributed by atoms with Crippen LogP contribution in [0, 0.1) is 12.3 Å². The van der Waals surface area contributed by atoms with Gasteiger partial charge < -0.3 is 15.5 Å². The Hall–Kier alpha value is -1.05. The highest BCUT2D eigenvalue weighted by molar-refractivity contribution is 5.73. The van der Waals surface area contributed by atoms with Gasteiger partial charge in [0.15, 0.2) is 0 Å². The first-order valence-electron chi connectivity index (χ1n) is 3.73. The number of nitrogens with one attached hydrogen (secondary N) is 1. The molecule has 68 valence electrons. The summed E-state index contributed by atoms with van der Waals surface area (Å²) in [6, 6.07) is -0.872. The second-order valence-corrected chi connectivity index (χ2v) is 2.34. The summed E-state index contributed by atoms with van der Waals surface area (Å²) in [5.74, 6) is 1.40. The third-order valence-corrected chi connectivity index (χ3v) is 1.37. The average molecular weight is 171 g/mol. The van der Waals surface area contributed by atoms with Crippen molar-refractivity contribution < 1.29 is 15.0 Å². The highest BCUT2D eigenvalue weighted by atomic mass is 16.4. The third-order valence-electron chi connectivity index (χ3n) is 1.37. The summed E-state index contributed by atoms with van der Waals surface area (Å²) in [4.78, 5) is 10.3. The number of aliphatic hydroxyl groups is 1. The summed E-state index contributed by atoms with van der Waals surface area (Å²) in [6.45, 7) is 0.118. The molecule has 0 amide bonds. The van der Waals surface area contributed by atoms with Crippen molar-refractivity contribution in [2.45, 2.75) is 18.9 Å². The Morgan fingerprint density at radius 3 is 2.75 bits per heavy atom. The predicted octanol–water partition coefficient (Wildman–Crippen LogP) is -0.565. The number of carboxylic acid groups (broad SMARTS) is 1. The first-order valence-corrected chi connectivity index (χ1v) is 3.73. The fourth-order valence-corrected chi connectivity index (χ4v) is 0.697. The molecule has 0 aromatic rings. The van der Waals surface area contributed by atoms with Gasteiger partial charge in [0.1, 0.15) is 6.04 Å². The first kappa shape index (κ1) is 11.0. The van der Waals surface area contributed by atoms with Crippen LogP contribution in [0.15, 0.2) is 0 Å². The van der Waals surface area contributed by atoms with Crippen molar-refractivity contribution in [3.05, 3.63) is 0 Å². The van der Waals surface area contributed by atoms with Crippen molar-refractivity contribution in [2.24, 2.45) is 0 Å². The molecule has 4 heteroatoms. The summed E-state index contributed by atoms with van der Waals surface area (Å²) in [6.07, 6.45) is 6.33. The standard InChI is InChI=1S/C8H13NO3/c1-2-3-4-5-9-7(6-10)8(11)12/h1,7,9-10H,3-6H2,(H,11,12). The van der Waals surface area contributed by atoms with E-state index in [-0.39, 0.29) is 0 Å². The van der Waals surface area contributed by atoms with Crippen LogP contribution in [0.1, 0.15) is 12.8 Å². The van der Waals surface area contributed by atoms with Crippen LogP contribution < -0.4 is 5.32 Å². The molecule has 4 nitrogen and oxygen atoms in total. The van der Waals surface area contributed by atoms with Crippen LogP contribution in [-0.4, -0.2) is 35.4 Å². The largest absolute Gasteiger partial charge is 0.480 e. The van der Waals surface area contributed by atoms with Gasteiger partial charge >= 0.3 is 5.97 Å². The molecule has 0 spiro atoms. The Balaban J connectivity index is 3.46. The van der Waals surface area contributed by atoms with Gasteiger partial charge in [-0.3, -0.25) is 4.79 Å². The number of carbonyl (C=O) groups is 1. The molecule has 0 radical (unpaired) electrons. The van der Waals surface area contributed by atoms with E-state index in [0.29, 0.717) is 13.0 Å². The number of aliphatic carboxylic acids is 1. The van der Waals surface area contributed by atoms with E-state index in [0.717, 1.165) is 6.42 Å². The van der Waals surface area contributed by atoms with Gasteiger partial charge in [-0.2, -0.15) is 0 Å². The third kappa shape index (κ3) is 4.72. The van der Waals surface area contributed by atoms with Gasteiger partial charge in [0.25, 0.3) is 0 Å². The van der Waals surface area contributed by atoms with Gasteiger partial charge in [0.2, 0.25) is 0 Å². The molecule has 0 aliphatic carbocycles. The highest BCUT2D eigenvalue weighted by Crippen LogP contribution is 1.86. The lowest BCUT2D eigenvalue weighted by atomic mass is 10.2. The van der Waals surface area contributed by atoms with Crippen molar-refractivity contribution >= 4 is 5.97 Å². The zero-order valence-electron chi connectivity index (χ0n) is 6.79. The van der Waals surface area contributed by atoms with Crippen LogP contribution in [0.3, 0.4) is 0 Å². The summed E-state index contributed by atoms with van der Waals surface area (Å²) >= 11 is 0. The molecule has 0 fully saturated rings. The van der Waals surface area contributed by atoms with E-state index in [9.17, 15) is 4.79 Å². The molecular weight excluding hydrogens is 158 g/mol. The number of aliphatic hydroxyl groups excluding tert-OH is 1. The first-order chi connectivity index (χ1) is 5.72. The Morgan fingerprint density at radius 1 is 1.67 bits per heavy atom. The quantitative estimate of drug-likeness (QED) is 0.370. The normalized spacial score (nSPS) is 12.0. The molecular formula is C8H13NO3. The monoisotopic (exact) mass is 171 g/mol. The second-order valence-electron chi connectivity index (χ2n) is 2.34. The molecule has 3 N–H and O–H groups in total. The fourth-order valence-electron chi connectivity index (χ4n) is 0.697. The SMILES string of the molecule is C#CCCCNC(CO)C(=O)O. The molecule has 12 heavy (non-hydrogen) atoms. The maximum atomic E-state index is 10.3. The highest BCUT2D eigenvalue weighted by Gasteiger charge is 2.13. The maximum absolute atomic E-state index is 10.3. The van der Waals surface area contributed by atoms with Crippen LogP contribution in [0.25, 0.3) is 0 Å². The van der Waals surface area contributed by atoms with Gasteiger partial charge in [0, 0.05) is 6.42 Å². The molecule has 0 saturated carbocycles. The minimum Gasteiger partial charge on any atom is -0.480 e. The number of rotatable bonds is 6. The van der Waals surface area contributed by atoms with Crippen LogP contribution in [0.5, 0.6) is 0 Å². The lowest BCUT2D eigenvalue weighted by molar-refractivity contribution is -0.140. The van der Waals surface area contributed by atoms with E-state index in [2.05, 4.69) is 11.2 Å². The second kappa shape index (κ2) is 6.65. The number of carboxylic acids is 1. The van der Waals surface area contributed by atoms with Gasteiger partial charge in [-0.25, -0.2) is 0 Å². The number of terminal acetylenes is 1. The lowest BCUT2D eigenvalue weighted by Gasteiger charge is -2.09. The van der Waals surface area contributed by atoms with E-state index in [4.69, 9.17) is 16.6 Å². The van der Waals surface area contributed by atoms with Crippen molar-refractivity contribution in [1.29, 1.82) is 0 Å². The zero-order chi connectivity index (χ0) is 9.40. The summed E-state index contributed by atoms with van der Waals surface area (Å²) in [5, 5.41) is 19.7. The molecule has 0 aromatic carbocycles. The van der Waals surface area contributed by atoms with Crippen LogP contribution in [0.4, 0.5) is 0 Å². The van der Waals surface area contributed by atoms with E-state index in [1.54, 1.807) is 0 Å². The molecule has 0 rings (SSSR count). The Morgan fingerprint density at radius 2 is 2.33 bits per heavy atom. The lowest BCUT2D eigenvalue weighted by Crippen LogP contribution is -2.40. The van der Waals surface area contributed by atoms with Gasteiger partial charge in [-0.1, -0.05) is 0 Å². The summed E-state index contributed by atoms with van der Waals surface area (Å²) in [7, 11) is 0. The molecule has 1 atom stereocenters. The van der Waals surface area contributed by atoms with Crippen molar-refractivity contribution in [1.82, 2.24) is 5.32 Å². The van der Waals surface area contributed by atoms with E-state index >= 15 is 0 Å². The van der Waals surface area contributed by atoms with Crippen LogP contribution in [-0.2, 0) is 4.79 Å². The number of hydrogen-bond acceptors (Lipinski definition) is 3. The Kier molecular flexibility index (Phi) is 6.07. The number of hydrogen-bond donors (Lipinski definition) is 3. The van der Waals surface area contributed by atoms with Crippen molar-refractivity contribution in [2.75, 3.05) is 13.2 Å². The Labute approximate surface area is 71.6 Å². The van der Waals surface area contributed by atoms with Gasteiger partial charge in [-0.15, -0.1) is 12.3 Å². The van der Waals surface area contributed by atoms with Crippen molar-refractivity contribution in [3.63, 3.8) is 0 Å². The number of unbranched alkanes of at least 4 members (excludes halogenated alkanes) is 1. The maximum Gasteiger partial charge on any atom is 0.323 e. The molecule has 0 bridgehead atoms. The summed E-state index contributed by atoms with van der Waals surface area (Å²) in [5.41, 5.74) is 0. The van der Waals surface area contributed by atoms with Crippen molar-refractivity contribution in [3.8, 4) is 12.3 Å². The smallest absolute Gasteiger partial charge is 0.323 e. The minimum absolute atomic E-state index is 0.397. The summed E-state index contributed by atoms with van der Waals surface area (Å²) < 4.78 is 0. The molecule has 0 heterocycles. The van der Waals surface area contributed by atoms with Gasteiger partial charge in [0.05, 0.1) is 6.61 Å². The average Bonchev–Trinajstić information content (AvgIpc) is 2.04.